The number of hydrogen-bond acceptors (Lipinski definition) is 10. The number of aromatic nitrogens is 4. The van der Waals surface area contributed by atoms with Crippen molar-refractivity contribution in [1.29, 1.82) is 0 Å². The second-order valence-corrected chi connectivity index (χ2v) is 16.3. The van der Waals surface area contributed by atoms with Crippen molar-refractivity contribution < 1.29 is 14.4 Å². The molecule has 1 atom stereocenters. The van der Waals surface area contributed by atoms with Crippen molar-refractivity contribution in [3.8, 4) is 0 Å². The van der Waals surface area contributed by atoms with Gasteiger partial charge in [0.05, 0.1) is 23.5 Å². The molecular weight excluding hydrogens is 691 g/mol. The van der Waals surface area contributed by atoms with Crippen LogP contribution in [0.25, 0.3) is 11.0 Å². The monoisotopic (exact) mass is 747 g/mol. The van der Waals surface area contributed by atoms with Gasteiger partial charge in [-0.15, -0.1) is 0 Å². The van der Waals surface area contributed by atoms with Crippen LogP contribution in [0.15, 0.2) is 54.9 Å². The zero-order valence-electron chi connectivity index (χ0n) is 32.8. The molecule has 0 bridgehead atoms. The Hall–Kier alpha value is -4.68. The van der Waals surface area contributed by atoms with E-state index >= 15 is 0 Å². The van der Waals surface area contributed by atoms with Crippen LogP contribution in [0.3, 0.4) is 0 Å². The first kappa shape index (κ1) is 38.6. The van der Waals surface area contributed by atoms with E-state index in [1.54, 1.807) is 6.20 Å². The van der Waals surface area contributed by atoms with E-state index in [0.717, 1.165) is 79.9 Å². The van der Waals surface area contributed by atoms with Crippen LogP contribution in [0, 0.1) is 5.92 Å². The molecule has 55 heavy (non-hydrogen) atoms. The molecule has 12 heteroatoms. The molecule has 0 spiro atoms. The van der Waals surface area contributed by atoms with Gasteiger partial charge in [-0.05, 0) is 114 Å². The van der Waals surface area contributed by atoms with Crippen LogP contribution >= 0.6 is 0 Å². The highest BCUT2D eigenvalue weighted by atomic mass is 16.2. The van der Waals surface area contributed by atoms with Gasteiger partial charge in [0.2, 0.25) is 17.8 Å². The van der Waals surface area contributed by atoms with E-state index in [1.165, 1.54) is 50.5 Å². The first-order chi connectivity index (χ1) is 26.7. The number of pyridine rings is 1. The third-order valence-electron chi connectivity index (χ3n) is 11.9. The Kier molecular flexibility index (Phi) is 12.5. The van der Waals surface area contributed by atoms with Crippen molar-refractivity contribution >= 4 is 46.6 Å². The Bertz CT molecular complexity index is 1900. The van der Waals surface area contributed by atoms with Gasteiger partial charge in [0.25, 0.3) is 0 Å². The Morgan fingerprint density at radius 3 is 2.24 bits per heavy atom. The maximum atomic E-state index is 12.2. The number of fused-ring (bicyclic) bond motifs is 1. The topological polar surface area (TPSA) is 129 Å². The molecule has 5 heterocycles. The Balaban J connectivity index is 0.00000111. The molecule has 2 N–H and O–H groups in total. The minimum absolute atomic E-state index is 0.165. The molecule has 1 unspecified atom stereocenters. The maximum absolute atomic E-state index is 12.2. The summed E-state index contributed by atoms with van der Waals surface area (Å²) in [6.07, 6.45) is 17.6. The number of piperazine rings is 1. The number of aryl methyl sites for hydroxylation is 1. The van der Waals surface area contributed by atoms with Crippen LogP contribution in [-0.4, -0.2) is 101 Å². The average molecular weight is 748 g/mol. The molecular formula is C43H57N9O3. The number of amides is 2. The van der Waals surface area contributed by atoms with E-state index in [2.05, 4.69) is 60.3 Å². The predicted molar refractivity (Wildman–Crippen MR) is 217 cm³/mol. The normalized spacial score (nSPS) is 22.4. The number of piperidine rings is 1. The molecule has 3 aromatic heterocycles. The molecule has 4 aromatic rings. The number of nitrogens with zero attached hydrogens (tertiary/aromatic N) is 7. The van der Waals surface area contributed by atoms with E-state index < -0.39 is 0 Å². The predicted octanol–water partition coefficient (Wildman–Crippen LogP) is 6.51. The highest BCUT2D eigenvalue weighted by Crippen LogP contribution is 2.35. The van der Waals surface area contributed by atoms with Gasteiger partial charge in [0, 0.05) is 56.3 Å². The van der Waals surface area contributed by atoms with Crippen molar-refractivity contribution in [3.63, 3.8) is 0 Å². The van der Waals surface area contributed by atoms with Crippen molar-refractivity contribution in [3.05, 3.63) is 71.7 Å². The summed E-state index contributed by atoms with van der Waals surface area (Å²) in [6.45, 7) is 4.15. The number of carbonyl (C=O) groups is 3. The number of anilines is 3. The van der Waals surface area contributed by atoms with Crippen LogP contribution in [0.5, 0.6) is 0 Å². The van der Waals surface area contributed by atoms with Crippen LogP contribution in [0.4, 0.5) is 17.5 Å². The first-order valence-electron chi connectivity index (χ1n) is 20.3. The molecule has 0 radical (unpaired) electrons. The molecule has 2 amide bonds. The van der Waals surface area contributed by atoms with Gasteiger partial charge in [-0.1, -0.05) is 37.1 Å². The Morgan fingerprint density at radius 1 is 0.855 bits per heavy atom. The minimum atomic E-state index is -0.211. The molecule has 4 aliphatic rings. The van der Waals surface area contributed by atoms with Crippen molar-refractivity contribution in [2.24, 2.45) is 5.92 Å². The van der Waals surface area contributed by atoms with E-state index in [-0.39, 0.29) is 17.7 Å². The number of carbonyl (C=O) groups excluding carboxylic acids is 3. The highest BCUT2D eigenvalue weighted by Gasteiger charge is 2.30. The smallest absolute Gasteiger partial charge is 0.234 e. The van der Waals surface area contributed by atoms with E-state index in [0.29, 0.717) is 42.4 Å². The van der Waals surface area contributed by atoms with E-state index in [9.17, 15) is 14.4 Å². The summed E-state index contributed by atoms with van der Waals surface area (Å²) in [5, 5.41) is 6.63. The summed E-state index contributed by atoms with van der Waals surface area (Å²) in [4.78, 5) is 56.7. The molecule has 2 aliphatic heterocycles. The number of aldehydes is 1. The molecule has 1 aromatic carbocycles. The Morgan fingerprint density at radius 2 is 1.58 bits per heavy atom. The lowest BCUT2D eigenvalue weighted by molar-refractivity contribution is -0.134. The summed E-state index contributed by atoms with van der Waals surface area (Å²) in [7, 11) is 6.00. The maximum Gasteiger partial charge on any atom is 0.234 e. The second-order valence-electron chi connectivity index (χ2n) is 16.3. The summed E-state index contributed by atoms with van der Waals surface area (Å²) in [5.41, 5.74) is 4.95. The number of nitrogens with one attached hydrogen (secondary N) is 2. The van der Waals surface area contributed by atoms with Crippen molar-refractivity contribution in [2.75, 3.05) is 57.5 Å². The second kappa shape index (κ2) is 17.8. The Labute approximate surface area is 325 Å². The van der Waals surface area contributed by atoms with E-state index in [1.807, 2.05) is 44.4 Å². The van der Waals surface area contributed by atoms with Gasteiger partial charge in [0.15, 0.2) is 6.29 Å². The number of hydrogen-bond donors (Lipinski definition) is 2. The van der Waals surface area contributed by atoms with Crippen LogP contribution in [0.1, 0.15) is 104 Å². The lowest BCUT2D eigenvalue weighted by atomic mass is 9.82. The third kappa shape index (κ3) is 9.59. The van der Waals surface area contributed by atoms with Gasteiger partial charge in [-0.2, -0.15) is 4.98 Å². The van der Waals surface area contributed by atoms with Gasteiger partial charge in [0.1, 0.15) is 11.5 Å². The largest absolute Gasteiger partial charge is 0.368 e. The van der Waals surface area contributed by atoms with Gasteiger partial charge in [-0.25, -0.2) is 9.97 Å². The summed E-state index contributed by atoms with van der Waals surface area (Å²) >= 11 is 0. The fourth-order valence-electron chi connectivity index (χ4n) is 8.93. The number of imide groups is 1. The lowest BCUT2D eigenvalue weighted by Crippen LogP contribution is -2.51. The molecule has 12 nitrogen and oxygen atoms in total. The zero-order chi connectivity index (χ0) is 38.3. The minimum Gasteiger partial charge on any atom is -0.368 e. The zero-order valence-corrected chi connectivity index (χ0v) is 32.8. The average Bonchev–Trinajstić information content (AvgIpc) is 3.86. The molecule has 292 valence electrons. The fraction of sp³-hybridized carbons (Fsp3) is 0.535. The van der Waals surface area contributed by atoms with Crippen molar-refractivity contribution in [1.82, 2.24) is 34.6 Å². The highest BCUT2D eigenvalue weighted by molar-refractivity contribution is 6.00. The standard InChI is InChI=1S/C40H48N8O3.C3H9N/c49-26-34-23-30-24-42-40(45-38(30)48(34)32-3-1-2-4-32)43-36-17-15-33(25-41-36)47-21-19-46(20-22-47)31-13-9-28(10-14-31)6-5-27-7-11-29(12-8-27)35-16-18-37(50)44-39(35)51;1-4(2)3/h7-8,11-12,15,17,23-26,28,31-32,35H,1-6,9-10,13-14,16,18-22H2,(H,44,50,51)(H,41,42,43,45);1-3H3. The molecule has 8 rings (SSSR count). The van der Waals surface area contributed by atoms with Crippen LogP contribution < -0.4 is 15.5 Å². The van der Waals surface area contributed by atoms with Crippen molar-refractivity contribution in [2.45, 2.75) is 95.1 Å². The third-order valence-corrected chi connectivity index (χ3v) is 11.9. The van der Waals surface area contributed by atoms with Crippen LogP contribution in [-0.2, 0) is 16.0 Å². The van der Waals surface area contributed by atoms with Gasteiger partial charge < -0.3 is 19.7 Å². The quantitative estimate of drug-likeness (QED) is 0.137. The molecule has 2 aliphatic carbocycles. The lowest BCUT2D eigenvalue weighted by Gasteiger charge is -2.42. The molecule has 2 saturated heterocycles. The molecule has 4 fully saturated rings. The molecule has 2 saturated carbocycles. The summed E-state index contributed by atoms with van der Waals surface area (Å²) < 4.78 is 2.10. The summed E-state index contributed by atoms with van der Waals surface area (Å²) in [5.74, 6) is 1.42. The number of rotatable bonds is 10. The van der Waals surface area contributed by atoms with Gasteiger partial charge >= 0.3 is 0 Å². The SMILES string of the molecule is CN(C)C.O=Cc1cc2cnc(Nc3ccc(N4CCN(C5CCC(CCc6ccc(C7CCC(=O)NC7=O)cc6)CC5)CC4)cn3)nc2n1C1CCCC1. The summed E-state index contributed by atoms with van der Waals surface area (Å²) in [6, 6.07) is 15.5. The van der Waals surface area contributed by atoms with Crippen LogP contribution in [0.2, 0.25) is 0 Å². The van der Waals surface area contributed by atoms with Gasteiger partial charge in [-0.3, -0.25) is 24.6 Å². The van der Waals surface area contributed by atoms with E-state index in [4.69, 9.17) is 9.97 Å². The number of benzene rings is 1. The fourth-order valence-corrected chi connectivity index (χ4v) is 8.93. The first-order valence-corrected chi connectivity index (χ1v) is 20.3.